The van der Waals surface area contributed by atoms with E-state index in [1.54, 1.807) is 0 Å². The smallest absolute Gasteiger partial charge is 0.159 e. The van der Waals surface area contributed by atoms with E-state index in [9.17, 15) is 0 Å². The minimum Gasteiger partial charge on any atom is -0.453 e. The Morgan fingerprint density at radius 2 is 1.00 bits per heavy atom. The van der Waals surface area contributed by atoms with Crippen molar-refractivity contribution in [2.45, 2.75) is 0 Å². The molecule has 0 spiro atoms. The van der Waals surface area contributed by atoms with Crippen molar-refractivity contribution in [3.8, 4) is 11.1 Å². The molecule has 0 radical (unpaired) electrons. The van der Waals surface area contributed by atoms with Crippen molar-refractivity contribution >= 4 is 60.5 Å². The van der Waals surface area contributed by atoms with Crippen LogP contribution in [0.2, 0.25) is 0 Å². The molecule has 0 fully saturated rings. The van der Waals surface area contributed by atoms with Crippen LogP contribution in [0.3, 0.4) is 0 Å². The quantitative estimate of drug-likeness (QED) is 0.218. The van der Waals surface area contributed by atoms with Gasteiger partial charge >= 0.3 is 0 Å². The number of benzene rings is 7. The molecular formula is C38H25NO. The molecule has 0 aliphatic carbocycles. The highest BCUT2D eigenvalue weighted by atomic mass is 16.3. The Hall–Kier alpha value is -5.34. The van der Waals surface area contributed by atoms with Crippen LogP contribution in [0, 0.1) is 0 Å². The van der Waals surface area contributed by atoms with Crippen LogP contribution in [0.1, 0.15) is 0 Å². The van der Waals surface area contributed by atoms with Crippen LogP contribution in [0.15, 0.2) is 156 Å². The van der Waals surface area contributed by atoms with E-state index in [1.165, 1.54) is 27.3 Å². The molecule has 1 heterocycles. The fraction of sp³-hybridized carbons (Fsp3) is 0. The van der Waals surface area contributed by atoms with Gasteiger partial charge in [0, 0.05) is 27.5 Å². The Kier molecular flexibility index (Phi) is 5.17. The number of para-hydroxylation sites is 3. The molecule has 0 bridgehead atoms. The number of fused-ring (bicyclic) bond motifs is 7. The number of furan rings is 1. The summed E-state index contributed by atoms with van der Waals surface area (Å²) in [6.07, 6.45) is 0. The lowest BCUT2D eigenvalue weighted by atomic mass is 9.96. The number of rotatable bonds is 4. The van der Waals surface area contributed by atoms with E-state index in [2.05, 4.69) is 157 Å². The summed E-state index contributed by atoms with van der Waals surface area (Å²) in [4.78, 5) is 2.27. The molecule has 0 saturated heterocycles. The molecule has 40 heavy (non-hydrogen) atoms. The molecular weight excluding hydrogens is 486 g/mol. The molecule has 0 saturated carbocycles. The average Bonchev–Trinajstić information content (AvgIpc) is 3.42. The van der Waals surface area contributed by atoms with Crippen LogP contribution in [-0.4, -0.2) is 0 Å². The SMILES string of the molecule is c1ccc(-c2ccc3c(ccc4ccc5c6cccc(N(c7ccccc7)c7ccccc7)c6oc5c43)c2)cc1. The maximum Gasteiger partial charge on any atom is 0.159 e. The normalized spacial score (nSPS) is 11.5. The molecule has 0 aliphatic heterocycles. The van der Waals surface area contributed by atoms with Crippen LogP contribution in [0.5, 0.6) is 0 Å². The predicted molar refractivity (Wildman–Crippen MR) is 169 cm³/mol. The summed E-state index contributed by atoms with van der Waals surface area (Å²) in [5.41, 5.74) is 7.45. The summed E-state index contributed by atoms with van der Waals surface area (Å²) in [7, 11) is 0. The van der Waals surface area contributed by atoms with Gasteiger partial charge < -0.3 is 9.32 Å². The fourth-order valence-electron chi connectivity index (χ4n) is 5.95. The van der Waals surface area contributed by atoms with E-state index >= 15 is 0 Å². The summed E-state index contributed by atoms with van der Waals surface area (Å²) in [6.45, 7) is 0. The molecule has 2 heteroatoms. The van der Waals surface area contributed by atoms with Crippen molar-refractivity contribution in [3.05, 3.63) is 152 Å². The van der Waals surface area contributed by atoms with Crippen molar-refractivity contribution in [3.63, 3.8) is 0 Å². The first-order valence-corrected chi connectivity index (χ1v) is 13.6. The lowest BCUT2D eigenvalue weighted by molar-refractivity contribution is 0.673. The minimum atomic E-state index is 0.885. The molecule has 0 amide bonds. The van der Waals surface area contributed by atoms with Crippen LogP contribution < -0.4 is 4.90 Å². The van der Waals surface area contributed by atoms with Crippen molar-refractivity contribution in [1.82, 2.24) is 0 Å². The lowest BCUT2D eigenvalue weighted by Gasteiger charge is -2.25. The highest BCUT2D eigenvalue weighted by molar-refractivity contribution is 6.24. The molecule has 1 aromatic heterocycles. The zero-order valence-corrected chi connectivity index (χ0v) is 21.8. The summed E-state index contributed by atoms with van der Waals surface area (Å²) in [5, 5.41) is 6.98. The Morgan fingerprint density at radius 3 is 1.73 bits per heavy atom. The monoisotopic (exact) mass is 511 g/mol. The van der Waals surface area contributed by atoms with Gasteiger partial charge in [0.2, 0.25) is 0 Å². The molecule has 0 aliphatic rings. The van der Waals surface area contributed by atoms with E-state index < -0.39 is 0 Å². The van der Waals surface area contributed by atoms with Gasteiger partial charge in [-0.25, -0.2) is 0 Å². The molecule has 7 aromatic carbocycles. The number of anilines is 3. The van der Waals surface area contributed by atoms with Crippen molar-refractivity contribution in [1.29, 1.82) is 0 Å². The van der Waals surface area contributed by atoms with E-state index in [-0.39, 0.29) is 0 Å². The van der Waals surface area contributed by atoms with Crippen molar-refractivity contribution in [2.75, 3.05) is 4.90 Å². The molecule has 188 valence electrons. The van der Waals surface area contributed by atoms with Gasteiger partial charge in [0.05, 0.1) is 5.69 Å². The molecule has 2 nitrogen and oxygen atoms in total. The van der Waals surface area contributed by atoms with Gasteiger partial charge in [-0.3, -0.25) is 0 Å². The molecule has 0 unspecified atom stereocenters. The van der Waals surface area contributed by atoms with E-state index in [1.807, 2.05) is 0 Å². The third-order valence-electron chi connectivity index (χ3n) is 7.82. The van der Waals surface area contributed by atoms with Crippen molar-refractivity contribution in [2.24, 2.45) is 0 Å². The maximum atomic E-state index is 6.90. The minimum absolute atomic E-state index is 0.885. The van der Waals surface area contributed by atoms with Crippen LogP contribution in [0.25, 0.3) is 54.6 Å². The summed E-state index contributed by atoms with van der Waals surface area (Å²) in [6, 6.07) is 53.6. The lowest BCUT2D eigenvalue weighted by Crippen LogP contribution is -2.09. The number of hydrogen-bond acceptors (Lipinski definition) is 2. The Labute approximate surface area is 232 Å². The van der Waals surface area contributed by atoms with Crippen LogP contribution in [0.4, 0.5) is 17.1 Å². The van der Waals surface area contributed by atoms with Gasteiger partial charge in [0.25, 0.3) is 0 Å². The second-order valence-corrected chi connectivity index (χ2v) is 10.2. The second-order valence-electron chi connectivity index (χ2n) is 10.2. The third-order valence-corrected chi connectivity index (χ3v) is 7.82. The number of nitrogens with zero attached hydrogens (tertiary/aromatic N) is 1. The highest BCUT2D eigenvalue weighted by Crippen LogP contribution is 2.44. The van der Waals surface area contributed by atoms with E-state index in [0.717, 1.165) is 44.4 Å². The Morgan fingerprint density at radius 1 is 0.400 bits per heavy atom. The summed E-state index contributed by atoms with van der Waals surface area (Å²) < 4.78 is 6.90. The first kappa shape index (κ1) is 22.6. The maximum absolute atomic E-state index is 6.90. The van der Waals surface area contributed by atoms with Gasteiger partial charge in [-0.2, -0.15) is 0 Å². The molecule has 8 aromatic rings. The molecule has 0 atom stereocenters. The van der Waals surface area contributed by atoms with Gasteiger partial charge in [-0.1, -0.05) is 109 Å². The summed E-state index contributed by atoms with van der Waals surface area (Å²) in [5.74, 6) is 0. The zero-order valence-electron chi connectivity index (χ0n) is 21.8. The number of hydrogen-bond donors (Lipinski definition) is 0. The standard InChI is InChI=1S/C38H25NO/c1-4-11-26(12-5-1)28-22-23-32-29(25-28)20-19-27-21-24-34-33-17-10-18-35(37(33)40-38(34)36(27)32)39(30-13-6-2-7-14-30)31-15-8-3-9-16-31/h1-25H. The highest BCUT2D eigenvalue weighted by Gasteiger charge is 2.20. The predicted octanol–water partition coefficient (Wildman–Crippen LogP) is 11.0. The van der Waals surface area contributed by atoms with Crippen LogP contribution >= 0.6 is 0 Å². The van der Waals surface area contributed by atoms with Gasteiger partial charge in [-0.15, -0.1) is 0 Å². The third kappa shape index (κ3) is 3.58. The van der Waals surface area contributed by atoms with Gasteiger partial charge in [0.1, 0.15) is 5.58 Å². The first-order chi connectivity index (χ1) is 19.8. The average molecular weight is 512 g/mol. The van der Waals surface area contributed by atoms with E-state index in [0.29, 0.717) is 0 Å². The van der Waals surface area contributed by atoms with Gasteiger partial charge in [-0.05, 0) is 69.8 Å². The Balaban J connectivity index is 1.40. The van der Waals surface area contributed by atoms with E-state index in [4.69, 9.17) is 4.42 Å². The second kappa shape index (κ2) is 9.14. The Bertz CT molecular complexity index is 2110. The molecule has 8 rings (SSSR count). The zero-order chi connectivity index (χ0) is 26.5. The first-order valence-electron chi connectivity index (χ1n) is 13.6. The topological polar surface area (TPSA) is 16.4 Å². The van der Waals surface area contributed by atoms with Gasteiger partial charge in [0.15, 0.2) is 5.58 Å². The summed E-state index contributed by atoms with van der Waals surface area (Å²) >= 11 is 0. The van der Waals surface area contributed by atoms with Crippen molar-refractivity contribution < 1.29 is 4.42 Å². The fourth-order valence-corrected chi connectivity index (χ4v) is 5.95. The largest absolute Gasteiger partial charge is 0.453 e. The molecule has 0 N–H and O–H groups in total. The van der Waals surface area contributed by atoms with Crippen LogP contribution in [-0.2, 0) is 0 Å².